The van der Waals surface area contributed by atoms with E-state index >= 15 is 0 Å². The van der Waals surface area contributed by atoms with Gasteiger partial charge in [-0.05, 0) is 11.5 Å². The topological polar surface area (TPSA) is 77.4 Å². The minimum atomic E-state index is -3.88. The number of ether oxygens (including phenoxy) is 1. The summed E-state index contributed by atoms with van der Waals surface area (Å²) in [6.07, 6.45) is 1.34. The highest BCUT2D eigenvalue weighted by Crippen LogP contribution is 2.19. The fourth-order valence-electron chi connectivity index (χ4n) is 1.62. The summed E-state index contributed by atoms with van der Waals surface area (Å²) >= 11 is 0. The first-order valence-electron chi connectivity index (χ1n) is 6.46. The summed E-state index contributed by atoms with van der Waals surface area (Å²) in [7, 11) is 2.98. The Morgan fingerprint density at radius 1 is 1.43 bits per heavy atom. The van der Waals surface area contributed by atoms with Crippen molar-refractivity contribution in [2.75, 3.05) is 20.3 Å². The molecule has 1 amide bonds. The Morgan fingerprint density at radius 2 is 2.05 bits per heavy atom. The highest BCUT2D eigenvalue weighted by molar-refractivity contribution is 8.13. The number of nitrogens with zero attached hydrogens (tertiary/aromatic N) is 1. The third-order valence-electron chi connectivity index (χ3n) is 2.70. The molecule has 1 rings (SSSR count). The quantitative estimate of drug-likeness (QED) is 0.804. The van der Waals surface area contributed by atoms with Gasteiger partial charge in [0.05, 0.1) is 6.61 Å². The standard InChI is InChI=1S/C13H21ClN2O4S/c1-13(2,3)9-15-12(17)11-7-10(21(14,18)19)8-16(11)5-6-20-4/h7-8H,5-6,9H2,1-4H3,(H,15,17). The van der Waals surface area contributed by atoms with E-state index in [0.29, 0.717) is 19.7 Å². The van der Waals surface area contributed by atoms with E-state index in [-0.39, 0.29) is 21.9 Å². The van der Waals surface area contributed by atoms with Gasteiger partial charge in [-0.3, -0.25) is 4.79 Å². The van der Waals surface area contributed by atoms with Crippen LogP contribution in [0.4, 0.5) is 0 Å². The fourth-order valence-corrected chi connectivity index (χ4v) is 2.38. The molecule has 0 aliphatic heterocycles. The van der Waals surface area contributed by atoms with Crippen molar-refractivity contribution in [1.29, 1.82) is 0 Å². The number of rotatable bonds is 6. The maximum atomic E-state index is 12.2. The van der Waals surface area contributed by atoms with E-state index in [1.165, 1.54) is 23.9 Å². The normalized spacial score (nSPS) is 12.4. The number of aromatic nitrogens is 1. The summed E-state index contributed by atoms with van der Waals surface area (Å²) in [5.74, 6) is -0.340. The van der Waals surface area contributed by atoms with Crippen molar-refractivity contribution in [2.45, 2.75) is 32.2 Å². The molecule has 0 aliphatic carbocycles. The van der Waals surface area contributed by atoms with Gasteiger partial charge < -0.3 is 14.6 Å². The average Bonchev–Trinajstić information content (AvgIpc) is 2.76. The van der Waals surface area contributed by atoms with E-state index < -0.39 is 9.05 Å². The van der Waals surface area contributed by atoms with Crippen molar-refractivity contribution in [3.05, 3.63) is 18.0 Å². The molecule has 0 spiro atoms. The molecule has 120 valence electrons. The zero-order valence-corrected chi connectivity index (χ0v) is 14.2. The second-order valence-electron chi connectivity index (χ2n) is 5.93. The molecule has 0 fully saturated rings. The predicted molar refractivity (Wildman–Crippen MR) is 81.1 cm³/mol. The Hall–Kier alpha value is -1.05. The zero-order valence-electron chi connectivity index (χ0n) is 12.6. The minimum Gasteiger partial charge on any atom is -0.383 e. The number of carbonyl (C=O) groups is 1. The van der Waals surface area contributed by atoms with Crippen LogP contribution >= 0.6 is 10.7 Å². The molecular weight excluding hydrogens is 316 g/mol. The summed E-state index contributed by atoms with van der Waals surface area (Å²) < 4.78 is 29.3. The molecule has 1 aromatic rings. The van der Waals surface area contributed by atoms with Gasteiger partial charge in [-0.15, -0.1) is 0 Å². The SMILES string of the molecule is COCCn1cc(S(=O)(=O)Cl)cc1C(=O)NCC(C)(C)C. The number of hydrogen-bond acceptors (Lipinski definition) is 4. The van der Waals surface area contributed by atoms with Gasteiger partial charge in [-0.1, -0.05) is 20.8 Å². The molecule has 1 N–H and O–H groups in total. The van der Waals surface area contributed by atoms with Crippen LogP contribution in [0.15, 0.2) is 17.2 Å². The van der Waals surface area contributed by atoms with E-state index in [9.17, 15) is 13.2 Å². The molecular formula is C13H21ClN2O4S. The Bertz CT molecular complexity index is 602. The van der Waals surface area contributed by atoms with Crippen LogP contribution in [0.25, 0.3) is 0 Å². The molecule has 6 nitrogen and oxygen atoms in total. The lowest BCUT2D eigenvalue weighted by Gasteiger charge is -2.19. The van der Waals surface area contributed by atoms with Gasteiger partial charge in [0.15, 0.2) is 0 Å². The lowest BCUT2D eigenvalue weighted by Crippen LogP contribution is -2.33. The van der Waals surface area contributed by atoms with E-state index in [0.717, 1.165) is 0 Å². The molecule has 1 aromatic heterocycles. The zero-order chi connectivity index (χ0) is 16.3. The Kier molecular flexibility index (Phi) is 5.83. The summed E-state index contributed by atoms with van der Waals surface area (Å²) in [5.41, 5.74) is 0.177. The molecule has 0 saturated heterocycles. The molecule has 8 heteroatoms. The molecule has 21 heavy (non-hydrogen) atoms. The minimum absolute atomic E-state index is 0.0684. The molecule has 0 radical (unpaired) electrons. The molecule has 0 aromatic carbocycles. The van der Waals surface area contributed by atoms with Crippen LogP contribution in [0.5, 0.6) is 0 Å². The number of nitrogens with one attached hydrogen (secondary N) is 1. The molecule has 1 heterocycles. The molecule has 0 atom stereocenters. The first kappa shape index (κ1) is 18.0. The number of methoxy groups -OCH3 is 1. The Morgan fingerprint density at radius 3 is 2.52 bits per heavy atom. The van der Waals surface area contributed by atoms with Gasteiger partial charge in [-0.25, -0.2) is 8.42 Å². The van der Waals surface area contributed by atoms with Crippen LogP contribution in [-0.4, -0.2) is 39.2 Å². The molecule has 0 unspecified atom stereocenters. The van der Waals surface area contributed by atoms with Crippen molar-refractivity contribution in [1.82, 2.24) is 9.88 Å². The van der Waals surface area contributed by atoms with E-state index in [2.05, 4.69) is 5.32 Å². The lowest BCUT2D eigenvalue weighted by molar-refractivity contribution is 0.0927. The van der Waals surface area contributed by atoms with Crippen molar-refractivity contribution < 1.29 is 17.9 Å². The fraction of sp³-hybridized carbons (Fsp3) is 0.615. The second kappa shape index (κ2) is 6.81. The maximum absolute atomic E-state index is 12.2. The van der Waals surface area contributed by atoms with Crippen molar-refractivity contribution in [3.8, 4) is 0 Å². The first-order valence-corrected chi connectivity index (χ1v) is 8.77. The third kappa shape index (κ3) is 5.68. The van der Waals surface area contributed by atoms with Gasteiger partial charge in [0.25, 0.3) is 15.0 Å². The van der Waals surface area contributed by atoms with Crippen LogP contribution in [0.3, 0.4) is 0 Å². The van der Waals surface area contributed by atoms with Gasteiger partial charge in [0.2, 0.25) is 0 Å². The number of amides is 1. The van der Waals surface area contributed by atoms with E-state index in [1.807, 2.05) is 20.8 Å². The molecule has 0 aliphatic rings. The highest BCUT2D eigenvalue weighted by atomic mass is 35.7. The smallest absolute Gasteiger partial charge is 0.267 e. The van der Waals surface area contributed by atoms with E-state index in [1.54, 1.807) is 0 Å². The summed E-state index contributed by atoms with van der Waals surface area (Å²) in [5, 5.41) is 2.78. The van der Waals surface area contributed by atoms with Crippen LogP contribution < -0.4 is 5.32 Å². The predicted octanol–water partition coefficient (Wildman–Crippen LogP) is 1.84. The monoisotopic (exact) mass is 336 g/mol. The van der Waals surface area contributed by atoms with Gasteiger partial charge in [0.1, 0.15) is 10.6 Å². The molecule has 0 saturated carbocycles. The van der Waals surface area contributed by atoms with Crippen molar-refractivity contribution in [2.24, 2.45) is 5.41 Å². The summed E-state index contributed by atoms with van der Waals surface area (Å²) in [6.45, 7) is 7.17. The Balaban J connectivity index is 3.02. The average molecular weight is 337 g/mol. The van der Waals surface area contributed by atoms with Crippen LogP contribution in [0.2, 0.25) is 0 Å². The van der Waals surface area contributed by atoms with Crippen LogP contribution in [-0.2, 0) is 20.3 Å². The second-order valence-corrected chi connectivity index (χ2v) is 8.49. The maximum Gasteiger partial charge on any atom is 0.267 e. The number of halogens is 1. The van der Waals surface area contributed by atoms with Gasteiger partial charge in [0, 0.05) is 37.1 Å². The first-order chi connectivity index (χ1) is 9.54. The van der Waals surface area contributed by atoms with Crippen LogP contribution in [0.1, 0.15) is 31.3 Å². The van der Waals surface area contributed by atoms with Gasteiger partial charge >= 0.3 is 0 Å². The van der Waals surface area contributed by atoms with Crippen molar-refractivity contribution >= 4 is 25.6 Å². The Labute approximate surface area is 129 Å². The molecule has 0 bridgehead atoms. The van der Waals surface area contributed by atoms with E-state index in [4.69, 9.17) is 15.4 Å². The third-order valence-corrected chi connectivity index (χ3v) is 4.02. The number of carbonyl (C=O) groups excluding carboxylic acids is 1. The van der Waals surface area contributed by atoms with Crippen molar-refractivity contribution in [3.63, 3.8) is 0 Å². The van der Waals surface area contributed by atoms with Crippen LogP contribution in [0, 0.1) is 5.41 Å². The van der Waals surface area contributed by atoms with Gasteiger partial charge in [-0.2, -0.15) is 0 Å². The highest BCUT2D eigenvalue weighted by Gasteiger charge is 2.21. The number of hydrogen-bond donors (Lipinski definition) is 1. The summed E-state index contributed by atoms with van der Waals surface area (Å²) in [4.78, 5) is 12.1. The summed E-state index contributed by atoms with van der Waals surface area (Å²) in [6, 6.07) is 1.27. The largest absolute Gasteiger partial charge is 0.383 e. The lowest BCUT2D eigenvalue weighted by atomic mass is 9.97.